The zero-order valence-electron chi connectivity index (χ0n) is 20.5. The third kappa shape index (κ3) is 5.32. The third-order valence-corrected chi connectivity index (χ3v) is 9.30. The highest BCUT2D eigenvalue weighted by molar-refractivity contribution is 7.82. The van der Waals surface area contributed by atoms with Crippen molar-refractivity contribution in [2.75, 3.05) is 18.8 Å². The molecule has 0 bridgehead atoms. The van der Waals surface area contributed by atoms with Gasteiger partial charge in [-0.1, -0.05) is 31.2 Å². The molecule has 1 atom stereocenters. The number of aromatic amines is 1. The molecule has 0 spiro atoms. The second-order valence-corrected chi connectivity index (χ2v) is 12.0. The Labute approximate surface area is 218 Å². The summed E-state index contributed by atoms with van der Waals surface area (Å²) in [6.07, 6.45) is 3.92. The molecule has 4 aromatic rings. The van der Waals surface area contributed by atoms with Crippen LogP contribution in [0.15, 0.2) is 60.1 Å². The first-order valence-corrected chi connectivity index (χ1v) is 14.6. The number of carbonyl (C=O) groups excluding carboxylic acids is 1. The third-order valence-electron chi connectivity index (χ3n) is 6.98. The van der Waals surface area contributed by atoms with E-state index < -0.39 is 16.9 Å². The van der Waals surface area contributed by atoms with E-state index in [2.05, 4.69) is 62.5 Å². The van der Waals surface area contributed by atoms with E-state index in [0.717, 1.165) is 61.1 Å². The molecule has 1 aliphatic heterocycles. The van der Waals surface area contributed by atoms with Crippen LogP contribution in [0.5, 0.6) is 0 Å². The molecule has 36 heavy (non-hydrogen) atoms. The number of carbonyl (C=O) groups is 1. The Hall–Kier alpha value is -2.78. The number of nitrogens with one attached hydrogen (secondary N) is 2. The zero-order chi connectivity index (χ0) is 25.1. The number of aromatic nitrogens is 1. The van der Waals surface area contributed by atoms with E-state index >= 15 is 0 Å². The number of thiophene rings is 1. The highest BCUT2D eigenvalue weighted by atomic mass is 32.2. The molecule has 5 rings (SSSR count). The van der Waals surface area contributed by atoms with Gasteiger partial charge in [-0.2, -0.15) is 0 Å². The van der Waals surface area contributed by atoms with E-state index in [0.29, 0.717) is 17.2 Å². The van der Waals surface area contributed by atoms with Crippen LogP contribution < -0.4 is 11.1 Å². The molecule has 3 heterocycles. The zero-order valence-corrected chi connectivity index (χ0v) is 22.1. The number of fused-ring (bicyclic) bond motifs is 1. The van der Waals surface area contributed by atoms with E-state index in [1.807, 2.05) is 19.2 Å². The lowest BCUT2D eigenvalue weighted by Gasteiger charge is -2.30. The second-order valence-electron chi connectivity index (χ2n) is 9.25. The van der Waals surface area contributed by atoms with Crippen LogP contribution in [0.4, 0.5) is 0 Å². The van der Waals surface area contributed by atoms with E-state index in [1.165, 1.54) is 16.0 Å². The van der Waals surface area contributed by atoms with E-state index in [-0.39, 0.29) is 0 Å². The van der Waals surface area contributed by atoms with Crippen molar-refractivity contribution in [1.82, 2.24) is 14.6 Å². The lowest BCUT2D eigenvalue weighted by atomic mass is 9.88. The molecule has 2 aromatic heterocycles. The molecular formula is C28H32N4O2S2. The summed E-state index contributed by atoms with van der Waals surface area (Å²) in [6, 6.07) is 16.7. The summed E-state index contributed by atoms with van der Waals surface area (Å²) in [6.45, 7) is 5.21. The maximum Gasteiger partial charge on any atom is 0.250 e. The standard InChI is InChI=1S/C28H32N4O2S2/c1-2-36(34)32-10-8-20(9-11-32)26-18-31-27-24(26)14-22(15-25(27)28(29)33)21-6-3-5-19(13-21)16-30-17-23-7-4-12-35-23/h3-7,12-15,18,20,30-31H,2,8-11,16-17H2,1H3,(H2,29,33). The summed E-state index contributed by atoms with van der Waals surface area (Å²) >= 11 is 1.75. The molecule has 4 N–H and O–H groups in total. The molecule has 0 saturated carbocycles. The number of amides is 1. The van der Waals surface area contributed by atoms with Crippen LogP contribution in [-0.2, 0) is 24.1 Å². The van der Waals surface area contributed by atoms with Crippen LogP contribution in [0, 0.1) is 0 Å². The van der Waals surface area contributed by atoms with Gasteiger partial charge in [-0.05, 0) is 70.7 Å². The maximum absolute atomic E-state index is 12.4. The summed E-state index contributed by atoms with van der Waals surface area (Å²) in [5.74, 6) is 0.580. The van der Waals surface area contributed by atoms with Gasteiger partial charge in [-0.25, -0.2) is 8.51 Å². The first-order chi connectivity index (χ1) is 17.5. The Morgan fingerprint density at radius 1 is 1.14 bits per heavy atom. The van der Waals surface area contributed by atoms with Gasteiger partial charge in [0, 0.05) is 48.4 Å². The van der Waals surface area contributed by atoms with Gasteiger partial charge in [0.1, 0.15) is 0 Å². The van der Waals surface area contributed by atoms with E-state index in [1.54, 1.807) is 11.3 Å². The first-order valence-electron chi connectivity index (χ1n) is 12.4. The van der Waals surface area contributed by atoms with Crippen LogP contribution in [0.2, 0.25) is 0 Å². The number of H-pyrrole nitrogens is 1. The van der Waals surface area contributed by atoms with Crippen molar-refractivity contribution in [3.63, 3.8) is 0 Å². The SMILES string of the molecule is CCS(=O)N1CCC(c2c[nH]c3c(C(N)=O)cc(-c4cccc(CNCc5cccs5)c4)cc23)CC1. The Kier molecular flexibility index (Phi) is 7.67. The van der Waals surface area contributed by atoms with Crippen molar-refractivity contribution in [1.29, 1.82) is 0 Å². The highest BCUT2D eigenvalue weighted by Crippen LogP contribution is 2.37. The van der Waals surface area contributed by atoms with Crippen LogP contribution in [-0.4, -0.2) is 38.2 Å². The van der Waals surface area contributed by atoms with Gasteiger partial charge in [-0.3, -0.25) is 4.79 Å². The minimum Gasteiger partial charge on any atom is -0.366 e. The lowest BCUT2D eigenvalue weighted by Crippen LogP contribution is -2.35. The number of nitrogens with two attached hydrogens (primary N) is 1. The molecule has 2 aromatic carbocycles. The molecule has 1 amide bonds. The second kappa shape index (κ2) is 11.1. The monoisotopic (exact) mass is 520 g/mol. The summed E-state index contributed by atoms with van der Waals surface area (Å²) in [7, 11) is -0.895. The molecule has 1 unspecified atom stereocenters. The molecule has 1 fully saturated rings. The van der Waals surface area contributed by atoms with Crippen LogP contribution in [0.3, 0.4) is 0 Å². The topological polar surface area (TPSA) is 91.2 Å². The summed E-state index contributed by atoms with van der Waals surface area (Å²) in [5.41, 5.74) is 11.6. The maximum atomic E-state index is 12.4. The normalized spacial score (nSPS) is 15.9. The quantitative estimate of drug-likeness (QED) is 0.285. The number of piperidine rings is 1. The van der Waals surface area contributed by atoms with Gasteiger partial charge in [0.25, 0.3) is 5.91 Å². The number of rotatable bonds is 9. The summed E-state index contributed by atoms with van der Waals surface area (Å²) in [4.78, 5) is 17.1. The van der Waals surface area contributed by atoms with Crippen molar-refractivity contribution in [2.45, 2.75) is 38.8 Å². The van der Waals surface area contributed by atoms with E-state index in [9.17, 15) is 9.00 Å². The summed E-state index contributed by atoms with van der Waals surface area (Å²) < 4.78 is 14.3. The van der Waals surface area contributed by atoms with Gasteiger partial charge in [0.15, 0.2) is 0 Å². The van der Waals surface area contributed by atoms with Crippen molar-refractivity contribution < 1.29 is 9.00 Å². The fraction of sp³-hybridized carbons (Fsp3) is 0.321. The number of primary amides is 1. The average Bonchev–Trinajstić information content (AvgIpc) is 3.58. The molecule has 188 valence electrons. The van der Waals surface area contributed by atoms with Gasteiger partial charge in [0.05, 0.1) is 22.1 Å². The molecule has 8 heteroatoms. The number of hydrogen-bond donors (Lipinski definition) is 3. The molecular weight excluding hydrogens is 488 g/mol. The minimum atomic E-state index is -0.895. The van der Waals surface area contributed by atoms with Crippen LogP contribution >= 0.6 is 11.3 Å². The number of hydrogen-bond acceptors (Lipinski definition) is 4. The molecule has 6 nitrogen and oxygen atoms in total. The van der Waals surface area contributed by atoms with Gasteiger partial charge >= 0.3 is 0 Å². The molecule has 1 aliphatic rings. The van der Waals surface area contributed by atoms with Crippen LogP contribution in [0.25, 0.3) is 22.0 Å². The van der Waals surface area contributed by atoms with Crippen molar-refractivity contribution >= 4 is 39.1 Å². The Morgan fingerprint density at radius 2 is 1.97 bits per heavy atom. The predicted octanol–water partition coefficient (Wildman–Crippen LogP) is 5.15. The van der Waals surface area contributed by atoms with Crippen molar-refractivity contribution in [2.24, 2.45) is 5.73 Å². The Bertz CT molecular complexity index is 1370. The van der Waals surface area contributed by atoms with Crippen molar-refractivity contribution in [3.8, 4) is 11.1 Å². The fourth-order valence-electron chi connectivity index (χ4n) is 5.11. The Morgan fingerprint density at radius 3 is 2.69 bits per heavy atom. The lowest BCUT2D eigenvalue weighted by molar-refractivity contribution is 0.100. The largest absolute Gasteiger partial charge is 0.366 e. The molecule has 0 aliphatic carbocycles. The average molecular weight is 521 g/mol. The fourth-order valence-corrected chi connectivity index (χ4v) is 6.77. The molecule has 0 radical (unpaired) electrons. The minimum absolute atomic E-state index is 0.354. The van der Waals surface area contributed by atoms with Crippen molar-refractivity contribution in [3.05, 3.63) is 81.7 Å². The smallest absolute Gasteiger partial charge is 0.250 e. The number of nitrogens with zero attached hydrogens (tertiary/aromatic N) is 1. The first kappa shape index (κ1) is 24.9. The predicted molar refractivity (Wildman–Crippen MR) is 149 cm³/mol. The summed E-state index contributed by atoms with van der Waals surface area (Å²) in [5, 5.41) is 6.66. The number of benzene rings is 2. The van der Waals surface area contributed by atoms with Gasteiger partial charge in [-0.15, -0.1) is 11.3 Å². The molecule has 1 saturated heterocycles. The van der Waals surface area contributed by atoms with Gasteiger partial charge < -0.3 is 16.0 Å². The van der Waals surface area contributed by atoms with Gasteiger partial charge in [0.2, 0.25) is 0 Å². The highest BCUT2D eigenvalue weighted by Gasteiger charge is 2.26. The van der Waals surface area contributed by atoms with E-state index in [4.69, 9.17) is 5.73 Å². The Balaban J connectivity index is 1.42. The van der Waals surface area contributed by atoms with Crippen LogP contribution in [0.1, 0.15) is 52.0 Å².